The van der Waals surface area contributed by atoms with Crippen LogP contribution in [0.4, 0.5) is 0 Å². The van der Waals surface area contributed by atoms with Crippen LogP contribution in [0, 0.1) is 5.92 Å². The molecule has 6 heteroatoms. The first kappa shape index (κ1) is 35.6. The summed E-state index contributed by atoms with van der Waals surface area (Å²) < 4.78 is 12.0. The molecule has 4 aliphatic rings. The van der Waals surface area contributed by atoms with Crippen LogP contribution in [-0.2, 0) is 5.41 Å². The Morgan fingerprint density at radius 2 is 1.27 bits per heavy atom. The largest absolute Gasteiger partial charge is 0.457 e. The van der Waals surface area contributed by atoms with Gasteiger partial charge < -0.3 is 24.5 Å². The maximum atomic E-state index is 7.11. The van der Waals surface area contributed by atoms with E-state index in [1.807, 2.05) is 0 Å². The second-order valence-electron chi connectivity index (χ2n) is 17.6. The van der Waals surface area contributed by atoms with E-state index in [-0.39, 0.29) is 12.3 Å². The van der Waals surface area contributed by atoms with E-state index in [0.717, 1.165) is 57.2 Å². The molecule has 0 radical (unpaired) electrons. The van der Waals surface area contributed by atoms with Crippen LogP contribution in [0.25, 0.3) is 55.0 Å². The highest BCUT2D eigenvalue weighted by atomic mass is 16.5. The van der Waals surface area contributed by atoms with Gasteiger partial charge in [0.1, 0.15) is 17.3 Å². The molecular weight excluding hydrogens is 783 g/mol. The number of hydrogen-bond acceptors (Lipinski definition) is 3. The predicted octanol–water partition coefficient (Wildman–Crippen LogP) is 11.8. The number of nitrogens with zero attached hydrogens (tertiary/aromatic N) is 3. The number of rotatable bonds is 4. The number of quaternary nitrogens is 1. The van der Waals surface area contributed by atoms with E-state index in [0.29, 0.717) is 5.92 Å². The Hall–Kier alpha value is -7.93. The summed E-state index contributed by atoms with van der Waals surface area (Å²) in [6.07, 6.45) is 10.0. The van der Waals surface area contributed by atoms with E-state index >= 15 is 0 Å². The molecular formula is C58H42N5O+. The van der Waals surface area contributed by atoms with Crippen molar-refractivity contribution < 1.29 is 10.1 Å². The number of ether oxygens (including phenoxy) is 1. The Labute approximate surface area is 370 Å². The van der Waals surface area contributed by atoms with Crippen molar-refractivity contribution in [1.29, 1.82) is 0 Å². The summed E-state index contributed by atoms with van der Waals surface area (Å²) in [5, 5.41) is 11.1. The zero-order valence-corrected chi connectivity index (χ0v) is 34.9. The number of hydrogen-bond donors (Lipinski definition) is 2. The van der Waals surface area contributed by atoms with Crippen LogP contribution in [0.2, 0.25) is 0 Å². The van der Waals surface area contributed by atoms with Crippen LogP contribution in [0.1, 0.15) is 46.0 Å². The molecule has 6 nitrogen and oxygen atoms in total. The first-order chi connectivity index (χ1) is 31.7. The second kappa shape index (κ2) is 13.5. The van der Waals surface area contributed by atoms with Crippen molar-refractivity contribution in [2.75, 3.05) is 0 Å². The average molecular weight is 825 g/mol. The van der Waals surface area contributed by atoms with Gasteiger partial charge in [0.15, 0.2) is 6.17 Å². The first-order valence-electron chi connectivity index (χ1n) is 22.4. The van der Waals surface area contributed by atoms with Crippen molar-refractivity contribution in [1.82, 2.24) is 14.5 Å². The van der Waals surface area contributed by atoms with Gasteiger partial charge in [0.2, 0.25) is 6.17 Å². The molecule has 3 aliphatic heterocycles. The molecule has 8 aromatic carbocycles. The Kier molecular flexibility index (Phi) is 7.54. The standard InChI is InChI=1S/C58H41N5O/c1-3-16-36(17-4-1)55-59-56(37-18-5-2-6-19-37)61-57(60-55)38-30-32-39(33-31-38)62-48-26-11-8-21-41(48)43-34-47-53(35-51(43)62)64-52-29-14-10-24-45(52)58(47)44-23-9-13-28-50(44)63-49-27-12-7-20-40(49)42-22-15-25-46(58)54(42)63/h1-18,20-35,37,55-56,59H,19H2,(H,60,61)/p+1. The lowest BCUT2D eigenvalue weighted by Crippen LogP contribution is -2.97. The number of amidine groups is 1. The van der Waals surface area contributed by atoms with Crippen LogP contribution in [0.3, 0.4) is 0 Å². The van der Waals surface area contributed by atoms with Crippen molar-refractivity contribution in [3.63, 3.8) is 0 Å². The number of aliphatic imine (C=N–C) groups is 1. The number of nitrogens with one attached hydrogen (secondary N) is 1. The summed E-state index contributed by atoms with van der Waals surface area (Å²) in [5.41, 5.74) is 13.4. The Bertz CT molecular complexity index is 3650. The van der Waals surface area contributed by atoms with Crippen molar-refractivity contribution in [2.24, 2.45) is 10.9 Å². The van der Waals surface area contributed by atoms with E-state index in [1.165, 1.54) is 55.0 Å². The molecule has 10 aromatic rings. The van der Waals surface area contributed by atoms with E-state index < -0.39 is 5.41 Å². The number of allylic oxidation sites excluding steroid dienone is 3. The van der Waals surface area contributed by atoms with Crippen LogP contribution in [0.15, 0.2) is 211 Å². The van der Waals surface area contributed by atoms with Crippen molar-refractivity contribution in [3.05, 3.63) is 240 Å². The lowest BCUT2D eigenvalue weighted by atomic mass is 9.61. The lowest BCUT2D eigenvalue weighted by Gasteiger charge is -2.45. The minimum Gasteiger partial charge on any atom is -0.457 e. The van der Waals surface area contributed by atoms with Crippen molar-refractivity contribution in [3.8, 4) is 22.9 Å². The first-order valence-corrected chi connectivity index (χ1v) is 22.4. The Balaban J connectivity index is 0.964. The topological polar surface area (TPSA) is 60.1 Å². The normalized spacial score (nSPS) is 20.5. The fourth-order valence-corrected chi connectivity index (χ4v) is 11.6. The van der Waals surface area contributed by atoms with Crippen LogP contribution >= 0.6 is 0 Å². The maximum absolute atomic E-state index is 7.11. The molecule has 4 unspecified atom stereocenters. The molecule has 0 amide bonds. The van der Waals surface area contributed by atoms with E-state index in [1.54, 1.807) is 0 Å². The van der Waals surface area contributed by atoms with Gasteiger partial charge in [-0.1, -0.05) is 146 Å². The fourth-order valence-electron chi connectivity index (χ4n) is 11.6. The van der Waals surface area contributed by atoms with Crippen LogP contribution in [-0.4, -0.2) is 21.1 Å². The molecule has 304 valence electrons. The molecule has 4 atom stereocenters. The minimum atomic E-state index is -0.645. The predicted molar refractivity (Wildman–Crippen MR) is 258 cm³/mol. The monoisotopic (exact) mass is 824 g/mol. The van der Waals surface area contributed by atoms with Crippen molar-refractivity contribution >= 4 is 49.4 Å². The number of nitrogens with two attached hydrogens (primary N) is 1. The van der Waals surface area contributed by atoms with Gasteiger partial charge in [-0.3, -0.25) is 0 Å². The molecule has 0 fully saturated rings. The highest BCUT2D eigenvalue weighted by Gasteiger charge is 2.50. The number of fused-ring (bicyclic) bond motifs is 14. The van der Waals surface area contributed by atoms with Gasteiger partial charge in [-0.05, 0) is 72.1 Å². The highest BCUT2D eigenvalue weighted by Crippen LogP contribution is 2.61. The summed E-state index contributed by atoms with van der Waals surface area (Å²) >= 11 is 0. The average Bonchev–Trinajstić information content (AvgIpc) is 3.88. The smallest absolute Gasteiger partial charge is 0.209 e. The third kappa shape index (κ3) is 4.91. The second-order valence-corrected chi connectivity index (χ2v) is 17.6. The van der Waals surface area contributed by atoms with E-state index in [2.05, 4.69) is 226 Å². The third-order valence-electron chi connectivity index (χ3n) is 14.3. The quantitative estimate of drug-likeness (QED) is 0.186. The molecule has 1 aliphatic carbocycles. The van der Waals surface area contributed by atoms with Gasteiger partial charge >= 0.3 is 0 Å². The Morgan fingerprint density at radius 1 is 0.562 bits per heavy atom. The maximum Gasteiger partial charge on any atom is 0.209 e. The third-order valence-corrected chi connectivity index (χ3v) is 14.3. The molecule has 14 rings (SSSR count). The minimum absolute atomic E-state index is 0.0372. The number of benzene rings is 8. The molecule has 5 heterocycles. The van der Waals surface area contributed by atoms with Gasteiger partial charge in [-0.15, -0.1) is 0 Å². The summed E-state index contributed by atoms with van der Waals surface area (Å²) in [6.45, 7) is 0. The summed E-state index contributed by atoms with van der Waals surface area (Å²) in [4.78, 5) is 5.31. The zero-order valence-electron chi connectivity index (χ0n) is 34.9. The molecule has 0 saturated carbocycles. The van der Waals surface area contributed by atoms with Gasteiger partial charge in [-0.2, -0.15) is 0 Å². The summed E-state index contributed by atoms with van der Waals surface area (Å²) in [7, 11) is 0. The Morgan fingerprint density at radius 3 is 2.09 bits per heavy atom. The van der Waals surface area contributed by atoms with E-state index in [9.17, 15) is 0 Å². The van der Waals surface area contributed by atoms with Gasteiger partial charge in [0.05, 0.1) is 39.1 Å². The SMILES string of the molecule is C1=CCC(C2NC(c3ccc(-n4c5ccccc5c5cc6c(cc54)Oc4ccccc4C64c5ccccc5-n5c6ccccc6c6cccc4c65)cc3)=NC(c3ccccc3)[NH2+]2)C=C1. The molecule has 1 spiro atoms. The van der Waals surface area contributed by atoms with Crippen LogP contribution in [0.5, 0.6) is 11.5 Å². The van der Waals surface area contributed by atoms with Gasteiger partial charge in [0.25, 0.3) is 0 Å². The lowest BCUT2D eigenvalue weighted by molar-refractivity contribution is -0.737. The number of aromatic nitrogens is 2. The molecule has 0 bridgehead atoms. The molecule has 2 aromatic heterocycles. The summed E-state index contributed by atoms with van der Waals surface area (Å²) in [5.74, 6) is 3.02. The molecule has 0 saturated heterocycles. The fraction of sp³-hybridized carbons (Fsp3) is 0.0862. The van der Waals surface area contributed by atoms with Crippen molar-refractivity contribution in [2.45, 2.75) is 24.2 Å². The summed E-state index contributed by atoms with van der Waals surface area (Å²) in [6, 6.07) is 66.5. The highest BCUT2D eigenvalue weighted by molar-refractivity contribution is 6.14. The van der Waals surface area contributed by atoms with E-state index in [4.69, 9.17) is 9.73 Å². The zero-order chi connectivity index (χ0) is 41.9. The van der Waals surface area contributed by atoms with Crippen LogP contribution < -0.4 is 15.4 Å². The molecule has 3 N–H and O–H groups in total. The van der Waals surface area contributed by atoms with Gasteiger partial charge in [-0.25, -0.2) is 4.99 Å². The van der Waals surface area contributed by atoms with Gasteiger partial charge in [0, 0.05) is 55.6 Å². The molecule has 64 heavy (non-hydrogen) atoms. The number of para-hydroxylation sites is 5.